The monoisotopic (exact) mass is 345 g/mol. The Morgan fingerprint density at radius 2 is 2.04 bits per heavy atom. The Labute approximate surface area is 145 Å². The largest absolute Gasteiger partial charge is 0.350 e. The minimum absolute atomic E-state index is 0.239. The number of carbonyl (C=O) groups excluding carboxylic acids is 1. The molecule has 0 atom stereocenters. The summed E-state index contributed by atoms with van der Waals surface area (Å²) in [4.78, 5) is 12.3. The van der Waals surface area contributed by atoms with Crippen molar-refractivity contribution in [2.24, 2.45) is 0 Å². The molecule has 0 saturated carbocycles. The van der Waals surface area contributed by atoms with Gasteiger partial charge in [0.2, 0.25) is 0 Å². The molecular weight excluding hydrogens is 326 g/mol. The smallest absolute Gasteiger partial charge is 0.275 e. The fourth-order valence-electron chi connectivity index (χ4n) is 2.70. The number of anilines is 2. The van der Waals surface area contributed by atoms with Gasteiger partial charge in [-0.1, -0.05) is 23.3 Å². The number of nitrogens with zero attached hydrogens (tertiary/aromatic N) is 2. The Hall–Kier alpha value is -2.34. The molecule has 3 N–H and O–H groups in total. The number of halogens is 1. The first-order valence-corrected chi connectivity index (χ1v) is 8.49. The summed E-state index contributed by atoms with van der Waals surface area (Å²) in [5.74, 6) is 0.156. The van der Waals surface area contributed by atoms with E-state index < -0.39 is 0 Å². The molecule has 6 nitrogen and oxygen atoms in total. The molecule has 1 aromatic carbocycles. The van der Waals surface area contributed by atoms with Gasteiger partial charge in [-0.15, -0.1) is 10.2 Å². The lowest BCUT2D eigenvalue weighted by Gasteiger charge is -2.12. The highest BCUT2D eigenvalue weighted by Crippen LogP contribution is 2.20. The van der Waals surface area contributed by atoms with Gasteiger partial charge in [0.15, 0.2) is 11.5 Å². The van der Waals surface area contributed by atoms with Crippen molar-refractivity contribution in [3.63, 3.8) is 0 Å². The molecule has 24 heavy (non-hydrogen) atoms. The number of amides is 1. The summed E-state index contributed by atoms with van der Waals surface area (Å²) in [5.41, 5.74) is 2.47. The number of benzene rings is 1. The van der Waals surface area contributed by atoms with E-state index in [2.05, 4.69) is 32.1 Å². The number of hydrogen-bond acceptors (Lipinski definition) is 4. The summed E-state index contributed by atoms with van der Waals surface area (Å²) in [7, 11) is 0. The van der Waals surface area contributed by atoms with E-state index in [4.69, 9.17) is 11.6 Å². The molecule has 0 bridgehead atoms. The molecule has 1 aliphatic carbocycles. The third-order valence-corrected chi connectivity index (χ3v) is 4.24. The van der Waals surface area contributed by atoms with E-state index >= 15 is 0 Å². The number of allylic oxidation sites excluding steroid dienone is 1. The average Bonchev–Trinajstić information content (AvgIpc) is 3.06. The molecule has 1 amide bonds. The Balaban J connectivity index is 1.56. The van der Waals surface area contributed by atoms with Gasteiger partial charge in [-0.25, -0.2) is 0 Å². The van der Waals surface area contributed by atoms with Gasteiger partial charge in [0.05, 0.1) is 0 Å². The summed E-state index contributed by atoms with van der Waals surface area (Å²) >= 11 is 5.87. The summed E-state index contributed by atoms with van der Waals surface area (Å²) < 4.78 is 0. The average molecular weight is 346 g/mol. The van der Waals surface area contributed by atoms with Gasteiger partial charge < -0.3 is 10.6 Å². The van der Waals surface area contributed by atoms with E-state index in [1.54, 1.807) is 12.1 Å². The maximum atomic E-state index is 12.3. The van der Waals surface area contributed by atoms with E-state index in [1.807, 2.05) is 12.1 Å². The molecule has 0 fully saturated rings. The highest BCUT2D eigenvalue weighted by molar-refractivity contribution is 6.30. The highest BCUT2D eigenvalue weighted by atomic mass is 35.5. The zero-order valence-corrected chi connectivity index (χ0v) is 14.1. The van der Waals surface area contributed by atoms with Crippen molar-refractivity contribution in [1.82, 2.24) is 20.7 Å². The topological polar surface area (TPSA) is 82.7 Å². The summed E-state index contributed by atoms with van der Waals surface area (Å²) in [5, 5.41) is 17.1. The van der Waals surface area contributed by atoms with Crippen LogP contribution in [0.3, 0.4) is 0 Å². The first kappa shape index (κ1) is 16.5. The van der Waals surface area contributed by atoms with E-state index in [-0.39, 0.29) is 11.6 Å². The lowest BCUT2D eigenvalue weighted by Crippen LogP contribution is -2.26. The predicted octanol–water partition coefficient (Wildman–Crippen LogP) is 3.82. The second kappa shape index (κ2) is 7.97. The normalized spacial score (nSPS) is 14.1. The van der Waals surface area contributed by atoms with Crippen molar-refractivity contribution in [3.05, 3.63) is 46.6 Å². The van der Waals surface area contributed by atoms with Crippen LogP contribution in [0.2, 0.25) is 5.02 Å². The highest BCUT2D eigenvalue weighted by Gasteiger charge is 2.16. The standard InChI is InChI=1S/C17H20ClN5O/c18-13-6-8-14(9-7-13)20-16-15(21-23-22-16)17(24)19-11-10-12-4-2-1-3-5-12/h4,6-9H,1-3,5,10-11H2,(H,19,24)(H2,20,21,22,23). The van der Waals surface area contributed by atoms with Crippen LogP contribution in [0.4, 0.5) is 11.5 Å². The number of H-pyrrole nitrogens is 1. The maximum Gasteiger partial charge on any atom is 0.275 e. The van der Waals surface area contributed by atoms with Crippen LogP contribution in [0.1, 0.15) is 42.6 Å². The van der Waals surface area contributed by atoms with Crippen LogP contribution in [-0.4, -0.2) is 27.9 Å². The second-order valence-corrected chi connectivity index (χ2v) is 6.20. The Morgan fingerprint density at radius 1 is 1.21 bits per heavy atom. The van der Waals surface area contributed by atoms with E-state index in [0.717, 1.165) is 24.9 Å². The van der Waals surface area contributed by atoms with Crippen LogP contribution in [0.5, 0.6) is 0 Å². The molecule has 126 valence electrons. The fraction of sp³-hybridized carbons (Fsp3) is 0.353. The molecule has 2 aromatic rings. The summed E-state index contributed by atoms with van der Waals surface area (Å²) in [6, 6.07) is 7.16. The SMILES string of the molecule is O=C(NCCC1=CCCCC1)c1n[nH]nc1Nc1ccc(Cl)cc1. The Morgan fingerprint density at radius 3 is 2.79 bits per heavy atom. The Kier molecular flexibility index (Phi) is 5.48. The van der Waals surface area contributed by atoms with Crippen molar-refractivity contribution in [3.8, 4) is 0 Å². The van der Waals surface area contributed by atoms with Crippen LogP contribution in [0, 0.1) is 0 Å². The lowest BCUT2D eigenvalue weighted by molar-refractivity contribution is 0.0950. The predicted molar refractivity (Wildman–Crippen MR) is 94.6 cm³/mol. The van der Waals surface area contributed by atoms with E-state index in [9.17, 15) is 4.79 Å². The van der Waals surface area contributed by atoms with Crippen LogP contribution in [0.25, 0.3) is 0 Å². The van der Waals surface area contributed by atoms with Crippen molar-refractivity contribution >= 4 is 29.0 Å². The third-order valence-electron chi connectivity index (χ3n) is 3.99. The molecule has 0 radical (unpaired) electrons. The van der Waals surface area contributed by atoms with Gasteiger partial charge in [-0.05, 0) is 56.4 Å². The first-order valence-electron chi connectivity index (χ1n) is 8.12. The number of hydrogen-bond donors (Lipinski definition) is 3. The molecule has 1 heterocycles. The minimum atomic E-state index is -0.239. The van der Waals surface area contributed by atoms with Crippen molar-refractivity contribution < 1.29 is 4.79 Å². The first-order chi connectivity index (χ1) is 11.7. The molecule has 1 aromatic heterocycles. The quantitative estimate of drug-likeness (QED) is 0.695. The van der Waals surface area contributed by atoms with Gasteiger partial charge in [-0.3, -0.25) is 4.79 Å². The number of aromatic nitrogens is 3. The van der Waals surface area contributed by atoms with Crippen LogP contribution in [0.15, 0.2) is 35.9 Å². The Bertz CT molecular complexity index is 723. The summed E-state index contributed by atoms with van der Waals surface area (Å²) in [6.45, 7) is 0.609. The lowest BCUT2D eigenvalue weighted by atomic mass is 9.97. The molecule has 0 spiro atoms. The maximum absolute atomic E-state index is 12.3. The zero-order chi connectivity index (χ0) is 16.8. The van der Waals surface area contributed by atoms with Gasteiger partial charge in [-0.2, -0.15) is 5.21 Å². The second-order valence-electron chi connectivity index (χ2n) is 5.77. The molecule has 7 heteroatoms. The summed E-state index contributed by atoms with van der Waals surface area (Å²) in [6.07, 6.45) is 8.00. The van der Waals surface area contributed by atoms with Gasteiger partial charge in [0.1, 0.15) is 0 Å². The fourth-order valence-corrected chi connectivity index (χ4v) is 2.82. The van der Waals surface area contributed by atoms with Crippen molar-refractivity contribution in [1.29, 1.82) is 0 Å². The van der Waals surface area contributed by atoms with Crippen LogP contribution in [-0.2, 0) is 0 Å². The van der Waals surface area contributed by atoms with Gasteiger partial charge in [0, 0.05) is 17.3 Å². The van der Waals surface area contributed by atoms with E-state index in [0.29, 0.717) is 17.4 Å². The number of rotatable bonds is 6. The van der Waals surface area contributed by atoms with E-state index in [1.165, 1.54) is 18.4 Å². The number of nitrogens with one attached hydrogen (secondary N) is 3. The van der Waals surface area contributed by atoms with Crippen LogP contribution < -0.4 is 10.6 Å². The van der Waals surface area contributed by atoms with Crippen molar-refractivity contribution in [2.45, 2.75) is 32.1 Å². The molecular formula is C17H20ClN5O. The van der Waals surface area contributed by atoms with Gasteiger partial charge in [0.25, 0.3) is 5.91 Å². The third kappa shape index (κ3) is 4.35. The molecule has 0 unspecified atom stereocenters. The molecule has 0 aliphatic heterocycles. The molecule has 3 rings (SSSR count). The number of aromatic amines is 1. The molecule has 1 aliphatic rings. The molecule has 0 saturated heterocycles. The zero-order valence-electron chi connectivity index (χ0n) is 13.3. The number of carbonyl (C=O) groups is 1. The van der Waals surface area contributed by atoms with Gasteiger partial charge >= 0.3 is 0 Å². The minimum Gasteiger partial charge on any atom is -0.350 e. The van der Waals surface area contributed by atoms with Crippen LogP contribution >= 0.6 is 11.6 Å². The van der Waals surface area contributed by atoms with Crippen molar-refractivity contribution in [2.75, 3.05) is 11.9 Å².